The number of rotatable bonds is 11. The molecule has 142 valence electrons. The van der Waals surface area contributed by atoms with Gasteiger partial charge in [0.25, 0.3) is 0 Å². The van der Waals surface area contributed by atoms with Crippen LogP contribution in [0.5, 0.6) is 11.5 Å². The normalized spacial score (nSPS) is 17.2. The highest BCUT2D eigenvalue weighted by Crippen LogP contribution is 2.25. The molecule has 5 unspecified atom stereocenters. The molecule has 5 N–H and O–H groups in total. The fraction of sp³-hybridized carbons (Fsp3) is 0.529. The summed E-state index contributed by atoms with van der Waals surface area (Å²) in [5, 5.41) is 47.9. The molecule has 1 rings (SSSR count). The number of methoxy groups -OCH3 is 2. The minimum absolute atomic E-state index is 0.0134. The summed E-state index contributed by atoms with van der Waals surface area (Å²) in [6.45, 7) is 2.79. The van der Waals surface area contributed by atoms with Gasteiger partial charge in [0.05, 0.1) is 27.4 Å². The van der Waals surface area contributed by atoms with Crippen molar-refractivity contribution in [3.63, 3.8) is 0 Å². The second-order valence-electron chi connectivity index (χ2n) is 5.41. The fourth-order valence-electron chi connectivity index (χ4n) is 2.22. The molecule has 8 heteroatoms. The van der Waals surface area contributed by atoms with E-state index in [2.05, 4.69) is 6.58 Å². The van der Waals surface area contributed by atoms with Crippen LogP contribution in [-0.4, -0.2) is 76.9 Å². The lowest BCUT2D eigenvalue weighted by atomic mass is 9.99. The van der Waals surface area contributed by atoms with E-state index in [1.165, 1.54) is 20.3 Å². The Bertz CT molecular complexity index is 535. The van der Waals surface area contributed by atoms with Crippen LogP contribution in [0.3, 0.4) is 0 Å². The summed E-state index contributed by atoms with van der Waals surface area (Å²) in [4.78, 5) is 0. The van der Waals surface area contributed by atoms with E-state index >= 15 is 0 Å². The predicted octanol–water partition coefficient (Wildman–Crippen LogP) is -0.789. The highest BCUT2D eigenvalue weighted by Gasteiger charge is 2.34. The summed E-state index contributed by atoms with van der Waals surface area (Å²) < 4.78 is 15.9. The van der Waals surface area contributed by atoms with E-state index in [4.69, 9.17) is 19.3 Å². The van der Waals surface area contributed by atoms with Crippen LogP contribution in [-0.2, 0) is 11.3 Å². The first-order chi connectivity index (χ1) is 11.9. The summed E-state index contributed by atoms with van der Waals surface area (Å²) >= 11 is 0. The first-order valence-electron chi connectivity index (χ1n) is 7.67. The van der Waals surface area contributed by atoms with Gasteiger partial charge in [0.1, 0.15) is 42.0 Å². The maximum atomic E-state index is 10.1. The van der Waals surface area contributed by atoms with Crippen LogP contribution in [0.4, 0.5) is 0 Å². The molecule has 5 atom stereocenters. The molecular formula is C17H26O8. The lowest BCUT2D eigenvalue weighted by Crippen LogP contribution is -2.50. The quantitative estimate of drug-likeness (QED) is 0.326. The standard InChI is InChI=1S/C17H26O8/c1-4-13(16(21)17(22)15(20)12(19)8-18)25-9-10-7-11(23-2)5-6-14(10)24-3/h4-7,12-13,15-22H,1,8-9H2,2-3H3. The first kappa shape index (κ1) is 21.4. The summed E-state index contributed by atoms with van der Waals surface area (Å²) in [6.07, 6.45) is -6.40. The van der Waals surface area contributed by atoms with E-state index in [9.17, 15) is 20.4 Å². The van der Waals surface area contributed by atoms with Crippen molar-refractivity contribution in [2.24, 2.45) is 0 Å². The van der Waals surface area contributed by atoms with Crippen LogP contribution in [0.1, 0.15) is 5.56 Å². The summed E-state index contributed by atoms with van der Waals surface area (Å²) in [5.41, 5.74) is 0.645. The maximum absolute atomic E-state index is 10.1. The van der Waals surface area contributed by atoms with Gasteiger partial charge in [-0.1, -0.05) is 6.08 Å². The Hall–Kier alpha value is -1.68. The molecule has 0 saturated carbocycles. The Morgan fingerprint density at radius 3 is 2.24 bits per heavy atom. The topological polar surface area (TPSA) is 129 Å². The van der Waals surface area contributed by atoms with Crippen LogP contribution in [0.25, 0.3) is 0 Å². The van der Waals surface area contributed by atoms with E-state index in [-0.39, 0.29) is 6.61 Å². The number of hydrogen-bond donors (Lipinski definition) is 5. The third-order valence-electron chi connectivity index (χ3n) is 3.77. The van der Waals surface area contributed by atoms with Crippen molar-refractivity contribution in [1.82, 2.24) is 0 Å². The molecule has 0 fully saturated rings. The third kappa shape index (κ3) is 5.67. The van der Waals surface area contributed by atoms with E-state index < -0.39 is 37.1 Å². The Morgan fingerprint density at radius 2 is 1.72 bits per heavy atom. The second-order valence-corrected chi connectivity index (χ2v) is 5.41. The third-order valence-corrected chi connectivity index (χ3v) is 3.77. The molecule has 0 aliphatic carbocycles. The van der Waals surface area contributed by atoms with E-state index in [0.29, 0.717) is 17.1 Å². The zero-order chi connectivity index (χ0) is 19.0. The summed E-state index contributed by atoms with van der Waals surface area (Å²) in [7, 11) is 3.02. The van der Waals surface area contributed by atoms with Crippen LogP contribution >= 0.6 is 0 Å². The smallest absolute Gasteiger partial charge is 0.124 e. The molecule has 0 aliphatic rings. The molecule has 0 spiro atoms. The van der Waals surface area contributed by atoms with Crippen molar-refractivity contribution in [3.05, 3.63) is 36.4 Å². The average Bonchev–Trinajstić information content (AvgIpc) is 2.65. The predicted molar refractivity (Wildman–Crippen MR) is 89.4 cm³/mol. The molecule has 8 nitrogen and oxygen atoms in total. The van der Waals surface area contributed by atoms with Gasteiger partial charge in [-0.3, -0.25) is 0 Å². The van der Waals surface area contributed by atoms with Crippen molar-refractivity contribution in [2.45, 2.75) is 37.1 Å². The van der Waals surface area contributed by atoms with Gasteiger partial charge in [0.2, 0.25) is 0 Å². The molecule has 0 amide bonds. The molecule has 1 aromatic rings. The van der Waals surface area contributed by atoms with Gasteiger partial charge >= 0.3 is 0 Å². The van der Waals surface area contributed by atoms with Crippen molar-refractivity contribution < 1.29 is 39.7 Å². The highest BCUT2D eigenvalue weighted by molar-refractivity contribution is 5.39. The van der Waals surface area contributed by atoms with Gasteiger partial charge in [0.15, 0.2) is 0 Å². The van der Waals surface area contributed by atoms with E-state index in [1.807, 2.05) is 0 Å². The molecule has 1 aromatic carbocycles. The van der Waals surface area contributed by atoms with Gasteiger partial charge in [-0.25, -0.2) is 0 Å². The number of aliphatic hydroxyl groups excluding tert-OH is 5. The van der Waals surface area contributed by atoms with Gasteiger partial charge in [-0.05, 0) is 18.2 Å². The van der Waals surface area contributed by atoms with Crippen LogP contribution in [0.2, 0.25) is 0 Å². The zero-order valence-electron chi connectivity index (χ0n) is 14.3. The number of ether oxygens (including phenoxy) is 3. The minimum Gasteiger partial charge on any atom is -0.497 e. The van der Waals surface area contributed by atoms with Crippen molar-refractivity contribution in [2.75, 3.05) is 20.8 Å². The fourth-order valence-corrected chi connectivity index (χ4v) is 2.22. The molecule has 0 saturated heterocycles. The minimum atomic E-state index is -1.74. The average molecular weight is 358 g/mol. The van der Waals surface area contributed by atoms with Crippen LogP contribution in [0.15, 0.2) is 30.9 Å². The second kappa shape index (κ2) is 10.3. The van der Waals surface area contributed by atoms with Crippen molar-refractivity contribution >= 4 is 0 Å². The number of hydrogen-bond acceptors (Lipinski definition) is 8. The van der Waals surface area contributed by atoms with Crippen LogP contribution in [0, 0.1) is 0 Å². The first-order valence-corrected chi connectivity index (χ1v) is 7.67. The Kier molecular flexibility index (Phi) is 8.84. The van der Waals surface area contributed by atoms with Gasteiger partial charge in [0, 0.05) is 5.56 Å². The number of benzene rings is 1. The Morgan fingerprint density at radius 1 is 1.04 bits per heavy atom. The van der Waals surface area contributed by atoms with Crippen molar-refractivity contribution in [1.29, 1.82) is 0 Å². The summed E-state index contributed by atoms with van der Waals surface area (Å²) in [6, 6.07) is 5.12. The van der Waals surface area contributed by atoms with Crippen LogP contribution < -0.4 is 9.47 Å². The molecule has 25 heavy (non-hydrogen) atoms. The SMILES string of the molecule is C=CC(OCc1cc(OC)ccc1OC)C(O)C(O)C(O)C(O)CO. The molecule has 0 aromatic heterocycles. The number of aliphatic hydroxyl groups is 5. The van der Waals surface area contributed by atoms with Crippen molar-refractivity contribution in [3.8, 4) is 11.5 Å². The maximum Gasteiger partial charge on any atom is 0.124 e. The lowest BCUT2D eigenvalue weighted by molar-refractivity contribution is -0.143. The Balaban J connectivity index is 2.80. The molecule has 0 bridgehead atoms. The van der Waals surface area contributed by atoms with E-state index in [1.54, 1.807) is 18.2 Å². The lowest BCUT2D eigenvalue weighted by Gasteiger charge is -2.29. The highest BCUT2D eigenvalue weighted by atomic mass is 16.5. The zero-order valence-corrected chi connectivity index (χ0v) is 14.3. The van der Waals surface area contributed by atoms with Gasteiger partial charge < -0.3 is 39.7 Å². The monoisotopic (exact) mass is 358 g/mol. The van der Waals surface area contributed by atoms with Gasteiger partial charge in [-0.2, -0.15) is 0 Å². The van der Waals surface area contributed by atoms with E-state index in [0.717, 1.165) is 0 Å². The summed E-state index contributed by atoms with van der Waals surface area (Å²) in [5.74, 6) is 1.14. The largest absolute Gasteiger partial charge is 0.497 e. The molecule has 0 aliphatic heterocycles. The van der Waals surface area contributed by atoms with Gasteiger partial charge in [-0.15, -0.1) is 6.58 Å². The molecule has 0 radical (unpaired) electrons. The Labute approximate surface area is 146 Å². The molecule has 0 heterocycles. The molecular weight excluding hydrogens is 332 g/mol.